The predicted molar refractivity (Wildman–Crippen MR) is 140 cm³/mol. The molecule has 7 rings (SSSR count). The Hall–Kier alpha value is -5.26. The van der Waals surface area contributed by atoms with Crippen LogP contribution in [0.25, 0.3) is 33.9 Å². The fourth-order valence-electron chi connectivity index (χ4n) is 4.38. The number of aromatic hydroxyl groups is 1. The molecule has 5 heterocycles. The maximum atomic E-state index is 11.6. The summed E-state index contributed by atoms with van der Waals surface area (Å²) in [5.41, 5.74) is 4.66. The second-order valence-corrected chi connectivity index (χ2v) is 9.18. The van der Waals surface area contributed by atoms with E-state index < -0.39 is 5.69 Å². The maximum absolute atomic E-state index is 11.6. The molecule has 5 N–H and O–H groups in total. The van der Waals surface area contributed by atoms with E-state index in [0.29, 0.717) is 29.0 Å². The van der Waals surface area contributed by atoms with Gasteiger partial charge in [0, 0.05) is 35.1 Å². The van der Waals surface area contributed by atoms with Crippen LogP contribution in [0.2, 0.25) is 0 Å². The van der Waals surface area contributed by atoms with Gasteiger partial charge in [0.25, 0.3) is 5.62 Å². The molecular formula is C26H22N10O2. The standard InChI is InChI=1S/C26H22N10O2/c37-23-20(32-26(38)34-23)10-17-13-30-36-22(17)33-24(35-25(36)31-18-5-6-18)29-11-15-3-1-2-4-19(15)16-9-14-7-8-27-21(14)28-12-16/h1-4,7-10,12-13,18,37H,5-6,11H2,(H,27,28)(H,29,31,35)(H2,32,34,38). The molecule has 12 nitrogen and oxygen atoms in total. The average Bonchev–Trinajstić information content (AvgIpc) is 3.30. The number of imidazole rings is 1. The summed E-state index contributed by atoms with van der Waals surface area (Å²) in [5, 5.41) is 19.4. The zero-order valence-electron chi connectivity index (χ0n) is 20.0. The van der Waals surface area contributed by atoms with E-state index in [4.69, 9.17) is 9.98 Å². The molecule has 1 aliphatic carbocycles. The Labute approximate surface area is 213 Å². The van der Waals surface area contributed by atoms with Crippen molar-refractivity contribution in [1.82, 2.24) is 39.5 Å². The molecule has 12 heteroatoms. The Bertz CT molecular complexity index is 1990. The quantitative estimate of drug-likeness (QED) is 0.229. The Morgan fingerprint density at radius 2 is 2.05 bits per heavy atom. The summed E-state index contributed by atoms with van der Waals surface area (Å²) in [5.74, 6) is 0.140. The van der Waals surface area contributed by atoms with Crippen molar-refractivity contribution >= 4 is 28.7 Å². The first-order valence-electron chi connectivity index (χ1n) is 12.2. The van der Waals surface area contributed by atoms with Crippen molar-refractivity contribution in [2.75, 3.05) is 5.32 Å². The molecule has 5 aromatic heterocycles. The molecule has 0 saturated heterocycles. The van der Waals surface area contributed by atoms with Crippen LogP contribution < -0.4 is 21.8 Å². The molecule has 38 heavy (non-hydrogen) atoms. The molecule has 1 aromatic carbocycles. The Kier molecular flexibility index (Phi) is 5.03. The summed E-state index contributed by atoms with van der Waals surface area (Å²) in [6, 6.07) is 12.5. The summed E-state index contributed by atoms with van der Waals surface area (Å²) in [4.78, 5) is 38.1. The lowest BCUT2D eigenvalue weighted by atomic mass is 10.0. The van der Waals surface area contributed by atoms with Crippen LogP contribution >= 0.6 is 0 Å². The van der Waals surface area contributed by atoms with Gasteiger partial charge in [-0.05, 0) is 42.2 Å². The number of nitrogens with one attached hydrogen (secondary N) is 4. The van der Waals surface area contributed by atoms with E-state index in [2.05, 4.69) is 53.5 Å². The first kappa shape index (κ1) is 22.0. The molecule has 0 amide bonds. The number of H-pyrrole nitrogens is 3. The minimum atomic E-state index is -0.504. The van der Waals surface area contributed by atoms with Gasteiger partial charge in [0.15, 0.2) is 5.65 Å². The summed E-state index contributed by atoms with van der Waals surface area (Å²) in [6.45, 7) is 0.472. The molecule has 1 aliphatic rings. The second-order valence-electron chi connectivity index (χ2n) is 9.18. The summed E-state index contributed by atoms with van der Waals surface area (Å²) in [7, 11) is 0. The van der Waals surface area contributed by atoms with Crippen molar-refractivity contribution in [3.8, 4) is 17.0 Å². The first-order chi connectivity index (χ1) is 18.6. The van der Waals surface area contributed by atoms with Crippen LogP contribution in [-0.4, -0.2) is 50.7 Å². The van der Waals surface area contributed by atoms with Crippen molar-refractivity contribution in [3.63, 3.8) is 0 Å². The van der Waals surface area contributed by atoms with Crippen LogP contribution in [0.3, 0.4) is 0 Å². The average molecular weight is 507 g/mol. The van der Waals surface area contributed by atoms with E-state index in [0.717, 1.165) is 40.6 Å². The lowest BCUT2D eigenvalue weighted by molar-refractivity contribution is 0.454. The SMILES string of the molecule is O=c1[nH]c(O)c(C=c2cnn3c(=NC4CC4)nc(NCc4ccccc4-c4cnc5[nH]ccc5c4)nc23)[nH]1. The Morgan fingerprint density at radius 1 is 1.16 bits per heavy atom. The zero-order chi connectivity index (χ0) is 25.6. The lowest BCUT2D eigenvalue weighted by Gasteiger charge is -2.11. The highest BCUT2D eigenvalue weighted by Gasteiger charge is 2.21. The largest absolute Gasteiger partial charge is 0.493 e. The lowest BCUT2D eigenvalue weighted by Crippen LogP contribution is -2.24. The highest BCUT2D eigenvalue weighted by Crippen LogP contribution is 2.26. The number of aromatic nitrogens is 8. The minimum Gasteiger partial charge on any atom is -0.493 e. The number of aromatic amines is 3. The normalized spacial score (nSPS) is 14.6. The second kappa shape index (κ2) is 8.69. The van der Waals surface area contributed by atoms with Gasteiger partial charge in [-0.3, -0.25) is 4.98 Å². The van der Waals surface area contributed by atoms with Gasteiger partial charge in [-0.2, -0.15) is 19.6 Å². The topological polar surface area (TPSA) is 165 Å². The van der Waals surface area contributed by atoms with Crippen molar-refractivity contribution < 1.29 is 5.11 Å². The Balaban J connectivity index is 1.27. The van der Waals surface area contributed by atoms with Gasteiger partial charge in [-0.1, -0.05) is 24.3 Å². The van der Waals surface area contributed by atoms with Crippen molar-refractivity contribution in [2.24, 2.45) is 4.99 Å². The van der Waals surface area contributed by atoms with E-state index in [1.165, 1.54) is 0 Å². The van der Waals surface area contributed by atoms with Gasteiger partial charge in [-0.25, -0.2) is 14.8 Å². The first-order valence-corrected chi connectivity index (χ1v) is 12.2. The monoisotopic (exact) mass is 506 g/mol. The van der Waals surface area contributed by atoms with Crippen LogP contribution in [0, 0.1) is 0 Å². The van der Waals surface area contributed by atoms with Crippen LogP contribution in [0.1, 0.15) is 24.1 Å². The number of benzene rings is 1. The van der Waals surface area contributed by atoms with Gasteiger partial charge >= 0.3 is 5.69 Å². The third kappa shape index (κ3) is 4.07. The van der Waals surface area contributed by atoms with Crippen molar-refractivity contribution in [2.45, 2.75) is 25.4 Å². The molecule has 0 spiro atoms. The van der Waals surface area contributed by atoms with Gasteiger partial charge in [0.2, 0.25) is 11.8 Å². The van der Waals surface area contributed by atoms with E-state index in [-0.39, 0.29) is 17.6 Å². The molecule has 0 unspecified atom stereocenters. The van der Waals surface area contributed by atoms with E-state index in [9.17, 15) is 9.90 Å². The van der Waals surface area contributed by atoms with E-state index >= 15 is 0 Å². The molecule has 0 aliphatic heterocycles. The molecule has 0 atom stereocenters. The van der Waals surface area contributed by atoms with Crippen LogP contribution in [0.5, 0.6) is 5.88 Å². The number of anilines is 1. The van der Waals surface area contributed by atoms with Crippen LogP contribution in [0.4, 0.5) is 5.95 Å². The van der Waals surface area contributed by atoms with Gasteiger partial charge in [-0.15, -0.1) is 0 Å². The zero-order valence-corrected chi connectivity index (χ0v) is 20.0. The molecule has 1 saturated carbocycles. The molecule has 0 bridgehead atoms. The third-order valence-electron chi connectivity index (χ3n) is 6.42. The van der Waals surface area contributed by atoms with Gasteiger partial charge < -0.3 is 20.4 Å². The van der Waals surface area contributed by atoms with Gasteiger partial charge in [0.05, 0.1) is 12.2 Å². The number of fused-ring (bicyclic) bond motifs is 2. The van der Waals surface area contributed by atoms with Crippen LogP contribution in [0.15, 0.2) is 64.8 Å². The number of rotatable bonds is 6. The predicted octanol–water partition coefficient (Wildman–Crippen LogP) is 1.61. The fourth-order valence-corrected chi connectivity index (χ4v) is 4.38. The van der Waals surface area contributed by atoms with E-state index in [1.807, 2.05) is 30.6 Å². The number of pyridine rings is 1. The van der Waals surface area contributed by atoms with Crippen molar-refractivity contribution in [1.29, 1.82) is 0 Å². The van der Waals surface area contributed by atoms with Gasteiger partial charge in [0.1, 0.15) is 11.3 Å². The van der Waals surface area contributed by atoms with Crippen LogP contribution in [-0.2, 0) is 6.54 Å². The molecule has 0 radical (unpaired) electrons. The summed E-state index contributed by atoms with van der Waals surface area (Å²) >= 11 is 0. The van der Waals surface area contributed by atoms with E-state index in [1.54, 1.807) is 16.8 Å². The number of nitrogens with zero attached hydrogens (tertiary/aromatic N) is 6. The molecule has 188 valence electrons. The molecule has 6 aromatic rings. The minimum absolute atomic E-state index is 0.222. The highest BCUT2D eigenvalue weighted by molar-refractivity contribution is 5.82. The number of hydrogen-bond acceptors (Lipinski definition) is 8. The smallest absolute Gasteiger partial charge is 0.326 e. The third-order valence-corrected chi connectivity index (χ3v) is 6.42. The summed E-state index contributed by atoms with van der Waals surface area (Å²) in [6.07, 6.45) is 8.97. The molecule has 1 fully saturated rings. The highest BCUT2D eigenvalue weighted by atomic mass is 16.3. The number of hydrogen-bond donors (Lipinski definition) is 5. The Morgan fingerprint density at radius 3 is 2.89 bits per heavy atom. The molecular weight excluding hydrogens is 484 g/mol. The summed E-state index contributed by atoms with van der Waals surface area (Å²) < 4.78 is 1.57. The van der Waals surface area contributed by atoms with Crippen molar-refractivity contribution in [3.05, 3.63) is 87.6 Å². The maximum Gasteiger partial charge on any atom is 0.326 e. The fraction of sp³-hybridized carbons (Fsp3) is 0.154.